The molecule has 2 nitrogen and oxygen atoms in total. The number of carbonyl (C=O) groups excluding carboxylic acids is 1. The van der Waals surface area contributed by atoms with E-state index in [4.69, 9.17) is 0 Å². The van der Waals surface area contributed by atoms with E-state index in [2.05, 4.69) is 5.32 Å². The zero-order chi connectivity index (χ0) is 16.4. The van der Waals surface area contributed by atoms with Crippen LogP contribution >= 0.6 is 11.8 Å². The maximum atomic E-state index is 12.8. The van der Waals surface area contributed by atoms with Crippen LogP contribution in [0.3, 0.4) is 0 Å². The van der Waals surface area contributed by atoms with Gasteiger partial charge in [0.1, 0.15) is 0 Å². The van der Waals surface area contributed by atoms with Crippen molar-refractivity contribution in [2.75, 3.05) is 11.5 Å². The molecule has 22 heavy (non-hydrogen) atoms. The highest BCUT2D eigenvalue weighted by Crippen LogP contribution is 2.33. The van der Waals surface area contributed by atoms with Crippen LogP contribution in [0.4, 0.5) is 13.2 Å². The summed E-state index contributed by atoms with van der Waals surface area (Å²) in [4.78, 5) is 12.5. The lowest BCUT2D eigenvalue weighted by atomic mass is 9.82. The van der Waals surface area contributed by atoms with Gasteiger partial charge in [0.15, 0.2) is 0 Å². The quantitative estimate of drug-likeness (QED) is 0.907. The molecular formula is C16H20F3NOS. The number of amides is 1. The van der Waals surface area contributed by atoms with Gasteiger partial charge < -0.3 is 5.32 Å². The molecular weight excluding hydrogens is 311 g/mol. The Hall–Kier alpha value is -1.17. The van der Waals surface area contributed by atoms with Gasteiger partial charge in [-0.2, -0.15) is 24.9 Å². The molecule has 1 aliphatic rings. The molecule has 1 aromatic rings. The van der Waals surface area contributed by atoms with Crippen molar-refractivity contribution in [2.24, 2.45) is 0 Å². The van der Waals surface area contributed by atoms with Crippen LogP contribution in [0.25, 0.3) is 0 Å². The fourth-order valence-corrected chi connectivity index (χ4v) is 3.53. The Morgan fingerprint density at radius 2 is 1.77 bits per heavy atom. The number of halogens is 3. The molecule has 1 heterocycles. The van der Waals surface area contributed by atoms with Gasteiger partial charge in [0.05, 0.1) is 11.0 Å². The summed E-state index contributed by atoms with van der Waals surface area (Å²) in [6.07, 6.45) is -2.58. The maximum Gasteiger partial charge on any atom is 0.416 e. The molecule has 0 aliphatic carbocycles. The first kappa shape index (κ1) is 17.2. The van der Waals surface area contributed by atoms with Crippen LogP contribution in [0.5, 0.6) is 0 Å². The lowest BCUT2D eigenvalue weighted by Gasteiger charge is -2.30. The van der Waals surface area contributed by atoms with Gasteiger partial charge in [-0.25, -0.2) is 0 Å². The first-order valence-corrected chi connectivity index (χ1v) is 8.43. The van der Waals surface area contributed by atoms with Gasteiger partial charge in [-0.1, -0.05) is 18.2 Å². The van der Waals surface area contributed by atoms with Crippen LogP contribution in [0, 0.1) is 0 Å². The van der Waals surface area contributed by atoms with Crippen molar-refractivity contribution in [3.63, 3.8) is 0 Å². The molecule has 1 N–H and O–H groups in total. The summed E-state index contributed by atoms with van der Waals surface area (Å²) >= 11 is 1.86. The standard InChI is InChI=1S/C16H20F3NOS/c1-15(2,14(21)20-13-6-8-22-9-7-13)11-4-3-5-12(10-11)16(17,18)19/h3-5,10,13H,6-9H2,1-2H3,(H,20,21). The van der Waals surface area contributed by atoms with Gasteiger partial charge >= 0.3 is 6.18 Å². The molecule has 0 bridgehead atoms. The van der Waals surface area contributed by atoms with E-state index in [1.807, 2.05) is 11.8 Å². The minimum absolute atomic E-state index is 0.124. The summed E-state index contributed by atoms with van der Waals surface area (Å²) in [5.41, 5.74) is -1.34. The third kappa shape index (κ3) is 3.97. The largest absolute Gasteiger partial charge is 0.416 e. The van der Waals surface area contributed by atoms with E-state index >= 15 is 0 Å². The molecule has 0 unspecified atom stereocenters. The summed E-state index contributed by atoms with van der Waals surface area (Å²) < 4.78 is 38.5. The number of thioether (sulfide) groups is 1. The predicted molar refractivity (Wildman–Crippen MR) is 83.0 cm³/mol. The molecule has 1 aliphatic heterocycles. The summed E-state index contributed by atoms with van der Waals surface area (Å²) in [6.45, 7) is 3.32. The Bertz CT molecular complexity index is 536. The highest BCUT2D eigenvalue weighted by molar-refractivity contribution is 7.99. The molecule has 1 saturated heterocycles. The Balaban J connectivity index is 2.16. The monoisotopic (exact) mass is 331 g/mol. The second kappa shape index (κ2) is 6.52. The Morgan fingerprint density at radius 3 is 2.36 bits per heavy atom. The topological polar surface area (TPSA) is 29.1 Å². The van der Waals surface area contributed by atoms with E-state index in [1.165, 1.54) is 6.07 Å². The third-order valence-electron chi connectivity index (χ3n) is 4.04. The zero-order valence-corrected chi connectivity index (χ0v) is 13.5. The van der Waals surface area contributed by atoms with Crippen LogP contribution in [-0.4, -0.2) is 23.5 Å². The van der Waals surface area contributed by atoms with Gasteiger partial charge in [0.25, 0.3) is 0 Å². The molecule has 0 radical (unpaired) electrons. The summed E-state index contributed by atoms with van der Waals surface area (Å²) in [7, 11) is 0. The van der Waals surface area contributed by atoms with Crippen LogP contribution in [0.1, 0.15) is 37.8 Å². The number of rotatable bonds is 3. The van der Waals surface area contributed by atoms with Crippen LogP contribution in [0.15, 0.2) is 24.3 Å². The van der Waals surface area contributed by atoms with E-state index < -0.39 is 17.2 Å². The number of nitrogens with one attached hydrogen (secondary N) is 1. The van der Waals surface area contributed by atoms with Crippen molar-refractivity contribution in [3.05, 3.63) is 35.4 Å². The van der Waals surface area contributed by atoms with E-state index in [9.17, 15) is 18.0 Å². The van der Waals surface area contributed by atoms with Crippen LogP contribution in [0.2, 0.25) is 0 Å². The second-order valence-corrected chi connectivity index (χ2v) is 7.29. The number of alkyl halides is 3. The third-order valence-corrected chi connectivity index (χ3v) is 5.08. The number of hydrogen-bond donors (Lipinski definition) is 1. The van der Waals surface area contributed by atoms with Gasteiger partial charge in [0.2, 0.25) is 5.91 Å². The first-order chi connectivity index (χ1) is 10.2. The van der Waals surface area contributed by atoms with Crippen molar-refractivity contribution in [1.29, 1.82) is 0 Å². The molecule has 0 spiro atoms. The minimum Gasteiger partial charge on any atom is -0.353 e. The van der Waals surface area contributed by atoms with Crippen LogP contribution in [-0.2, 0) is 16.4 Å². The molecule has 0 saturated carbocycles. The van der Waals surface area contributed by atoms with Crippen molar-refractivity contribution in [1.82, 2.24) is 5.32 Å². The highest BCUT2D eigenvalue weighted by Gasteiger charge is 2.35. The van der Waals surface area contributed by atoms with Gasteiger partial charge in [-0.3, -0.25) is 4.79 Å². The van der Waals surface area contributed by atoms with E-state index in [0.29, 0.717) is 5.56 Å². The summed E-state index contributed by atoms with van der Waals surface area (Å²) in [5, 5.41) is 2.98. The summed E-state index contributed by atoms with van der Waals surface area (Å²) in [6, 6.07) is 5.14. The lowest BCUT2D eigenvalue weighted by Crippen LogP contribution is -2.46. The van der Waals surface area contributed by atoms with Crippen LogP contribution < -0.4 is 5.32 Å². The smallest absolute Gasteiger partial charge is 0.353 e. The Labute approximate surface area is 132 Å². The summed E-state index contributed by atoms with van der Waals surface area (Å²) in [5.74, 6) is 1.80. The average molecular weight is 331 g/mol. The first-order valence-electron chi connectivity index (χ1n) is 7.27. The Morgan fingerprint density at radius 1 is 1.18 bits per heavy atom. The fraction of sp³-hybridized carbons (Fsp3) is 0.562. The molecule has 1 fully saturated rings. The van der Waals surface area contributed by atoms with Gasteiger partial charge in [-0.05, 0) is 49.8 Å². The van der Waals surface area contributed by atoms with Gasteiger partial charge in [-0.15, -0.1) is 0 Å². The Kier molecular flexibility index (Phi) is 5.10. The maximum absolute atomic E-state index is 12.8. The molecule has 1 aromatic carbocycles. The van der Waals surface area contributed by atoms with Crippen molar-refractivity contribution in [2.45, 2.75) is 44.3 Å². The number of carbonyl (C=O) groups is 1. The predicted octanol–water partition coefficient (Wildman–Crippen LogP) is 3.99. The van der Waals surface area contributed by atoms with Crippen molar-refractivity contribution in [3.8, 4) is 0 Å². The average Bonchev–Trinajstić information content (AvgIpc) is 2.47. The number of hydrogen-bond acceptors (Lipinski definition) is 2. The molecule has 0 atom stereocenters. The molecule has 122 valence electrons. The molecule has 0 aromatic heterocycles. The number of benzene rings is 1. The molecule has 6 heteroatoms. The zero-order valence-electron chi connectivity index (χ0n) is 12.7. The lowest BCUT2D eigenvalue weighted by molar-refractivity contribution is -0.138. The fourth-order valence-electron chi connectivity index (χ4n) is 2.42. The van der Waals surface area contributed by atoms with Crippen molar-refractivity contribution < 1.29 is 18.0 Å². The van der Waals surface area contributed by atoms with Gasteiger partial charge in [0, 0.05) is 6.04 Å². The van der Waals surface area contributed by atoms with Crippen molar-refractivity contribution >= 4 is 17.7 Å². The normalized spacial score (nSPS) is 17.3. The highest BCUT2D eigenvalue weighted by atomic mass is 32.2. The molecule has 2 rings (SSSR count). The molecule has 1 amide bonds. The minimum atomic E-state index is -4.40. The van der Waals surface area contributed by atoms with E-state index in [1.54, 1.807) is 19.9 Å². The second-order valence-electron chi connectivity index (χ2n) is 6.06. The van der Waals surface area contributed by atoms with E-state index in [-0.39, 0.29) is 11.9 Å². The van der Waals surface area contributed by atoms with E-state index in [0.717, 1.165) is 36.5 Å². The SMILES string of the molecule is CC(C)(C(=O)NC1CCSCC1)c1cccc(C(F)(F)F)c1.